The molecule has 1 aromatic rings. The van der Waals surface area contributed by atoms with Crippen LogP contribution in [0.1, 0.15) is 31.0 Å². The summed E-state index contributed by atoms with van der Waals surface area (Å²) in [6, 6.07) is 0.388. The quantitative estimate of drug-likeness (QED) is 0.728. The van der Waals surface area contributed by atoms with Crippen LogP contribution in [0.25, 0.3) is 6.08 Å². The first-order chi connectivity index (χ1) is 6.07. The lowest BCUT2D eigenvalue weighted by Crippen LogP contribution is -2.04. The Bertz CT molecular complexity index is 321. The van der Waals surface area contributed by atoms with Gasteiger partial charge in [-0.2, -0.15) is 0 Å². The first-order valence-electron chi connectivity index (χ1n) is 4.43. The second-order valence-electron chi connectivity index (χ2n) is 3.47. The molecule has 1 heterocycles. The zero-order valence-electron chi connectivity index (χ0n) is 8.41. The molecule has 0 bridgehead atoms. The Morgan fingerprint density at radius 2 is 2.08 bits per heavy atom. The number of hydrogen-bond donors (Lipinski definition) is 2. The average molecular weight is 179 g/mol. The van der Waals surface area contributed by atoms with E-state index in [2.05, 4.69) is 20.0 Å². The van der Waals surface area contributed by atoms with Crippen molar-refractivity contribution in [3.8, 4) is 0 Å². The van der Waals surface area contributed by atoms with E-state index in [9.17, 15) is 0 Å². The largest absolute Gasteiger partial charge is 0.405 e. The van der Waals surface area contributed by atoms with Crippen molar-refractivity contribution in [2.24, 2.45) is 5.73 Å². The van der Waals surface area contributed by atoms with E-state index < -0.39 is 0 Å². The summed E-state index contributed by atoms with van der Waals surface area (Å²) in [5.41, 5.74) is 13.5. The Morgan fingerprint density at radius 3 is 2.46 bits per heavy atom. The van der Waals surface area contributed by atoms with Crippen LogP contribution in [-0.2, 0) is 0 Å². The summed E-state index contributed by atoms with van der Waals surface area (Å²) in [5, 5.41) is 0. The maximum Gasteiger partial charge on any atom is 0.111 e. The highest BCUT2D eigenvalue weighted by atomic mass is 15.1. The molecule has 0 fully saturated rings. The lowest BCUT2D eigenvalue weighted by Gasteiger charge is -2.09. The van der Waals surface area contributed by atoms with Crippen molar-refractivity contribution in [1.82, 2.24) is 4.57 Å². The summed E-state index contributed by atoms with van der Waals surface area (Å²) in [7, 11) is 0. The van der Waals surface area contributed by atoms with Crippen LogP contribution >= 0.6 is 0 Å². The summed E-state index contributed by atoms with van der Waals surface area (Å²) in [6.45, 7) is 6.24. The summed E-state index contributed by atoms with van der Waals surface area (Å²) >= 11 is 0. The Morgan fingerprint density at radius 1 is 1.46 bits per heavy atom. The molecule has 72 valence electrons. The van der Waals surface area contributed by atoms with Crippen LogP contribution in [0.5, 0.6) is 0 Å². The minimum Gasteiger partial charge on any atom is -0.405 e. The number of nitrogens with zero attached hydrogens (tertiary/aromatic N) is 1. The van der Waals surface area contributed by atoms with Crippen LogP contribution in [0.2, 0.25) is 0 Å². The van der Waals surface area contributed by atoms with E-state index in [1.165, 1.54) is 6.20 Å². The summed E-state index contributed by atoms with van der Waals surface area (Å²) in [4.78, 5) is 0. The van der Waals surface area contributed by atoms with Gasteiger partial charge >= 0.3 is 0 Å². The van der Waals surface area contributed by atoms with Gasteiger partial charge in [0.05, 0.1) is 0 Å². The maximum absolute atomic E-state index is 5.95. The third-order valence-corrected chi connectivity index (χ3v) is 2.13. The van der Waals surface area contributed by atoms with Gasteiger partial charge in [-0.15, -0.1) is 0 Å². The van der Waals surface area contributed by atoms with Gasteiger partial charge in [0, 0.05) is 17.8 Å². The van der Waals surface area contributed by atoms with Crippen molar-refractivity contribution >= 4 is 11.9 Å². The molecule has 4 N–H and O–H groups in total. The van der Waals surface area contributed by atoms with Crippen molar-refractivity contribution in [3.05, 3.63) is 23.5 Å². The molecular formula is C10H17N3. The molecule has 0 amide bonds. The summed E-state index contributed by atoms with van der Waals surface area (Å²) < 4.78 is 2.05. The molecule has 3 nitrogen and oxygen atoms in total. The van der Waals surface area contributed by atoms with Crippen LogP contribution in [0.15, 0.2) is 12.4 Å². The fourth-order valence-corrected chi connectivity index (χ4v) is 1.43. The second-order valence-corrected chi connectivity index (χ2v) is 3.47. The van der Waals surface area contributed by atoms with Crippen molar-refractivity contribution in [1.29, 1.82) is 0 Å². The summed E-state index contributed by atoms with van der Waals surface area (Å²) in [5.74, 6) is 0.786. The molecule has 1 rings (SSSR count). The number of nitrogens with two attached hydrogens (primary N) is 2. The van der Waals surface area contributed by atoms with Crippen molar-refractivity contribution < 1.29 is 0 Å². The topological polar surface area (TPSA) is 57.0 Å². The highest BCUT2D eigenvalue weighted by Crippen LogP contribution is 2.23. The number of aromatic nitrogens is 1. The van der Waals surface area contributed by atoms with Gasteiger partial charge in [0.1, 0.15) is 5.82 Å². The predicted molar refractivity (Wildman–Crippen MR) is 57.2 cm³/mol. The molecule has 0 saturated carbocycles. The van der Waals surface area contributed by atoms with E-state index in [0.717, 1.165) is 16.9 Å². The number of hydrogen-bond acceptors (Lipinski definition) is 2. The normalized spacial score (nSPS) is 11.7. The van der Waals surface area contributed by atoms with E-state index in [-0.39, 0.29) is 0 Å². The van der Waals surface area contributed by atoms with Crippen LogP contribution in [0, 0.1) is 6.92 Å². The Hall–Kier alpha value is -1.38. The van der Waals surface area contributed by atoms with Crippen molar-refractivity contribution in [3.63, 3.8) is 0 Å². The number of nitrogen functional groups attached to an aromatic ring is 1. The fraction of sp³-hybridized carbons (Fsp3) is 0.400. The molecule has 1 aromatic heterocycles. The standard InChI is InChI=1S/C10H17N3/c1-7(2)13-6-8(3)9(4-5-11)10(13)12/h4-7H,11-12H2,1-3H3/b5-4-. The van der Waals surface area contributed by atoms with E-state index in [4.69, 9.17) is 11.5 Å². The highest BCUT2D eigenvalue weighted by molar-refractivity contribution is 5.65. The number of aryl methyl sites for hydroxylation is 1. The van der Waals surface area contributed by atoms with Gasteiger partial charge in [-0.3, -0.25) is 0 Å². The first kappa shape index (κ1) is 9.71. The Labute approximate surface area is 79.0 Å². The molecule has 3 heteroatoms. The third kappa shape index (κ3) is 1.69. The zero-order valence-corrected chi connectivity index (χ0v) is 8.41. The predicted octanol–water partition coefficient (Wildman–Crippen LogP) is 1.89. The molecule has 0 aliphatic heterocycles. The lowest BCUT2D eigenvalue weighted by atomic mass is 10.2. The molecule has 13 heavy (non-hydrogen) atoms. The lowest BCUT2D eigenvalue weighted by molar-refractivity contribution is 0.611. The van der Waals surface area contributed by atoms with Gasteiger partial charge in [0.2, 0.25) is 0 Å². The number of rotatable bonds is 2. The van der Waals surface area contributed by atoms with Gasteiger partial charge < -0.3 is 16.0 Å². The van der Waals surface area contributed by atoms with Gasteiger partial charge in [-0.25, -0.2) is 0 Å². The van der Waals surface area contributed by atoms with Crippen LogP contribution in [0.3, 0.4) is 0 Å². The number of anilines is 1. The smallest absolute Gasteiger partial charge is 0.111 e. The Balaban J connectivity index is 3.22. The third-order valence-electron chi connectivity index (χ3n) is 2.13. The average Bonchev–Trinajstić information content (AvgIpc) is 2.32. The minimum absolute atomic E-state index is 0.388. The van der Waals surface area contributed by atoms with Gasteiger partial charge in [-0.05, 0) is 38.6 Å². The van der Waals surface area contributed by atoms with Gasteiger partial charge in [0.25, 0.3) is 0 Å². The fourth-order valence-electron chi connectivity index (χ4n) is 1.43. The molecule has 0 atom stereocenters. The van der Waals surface area contributed by atoms with Crippen LogP contribution in [0.4, 0.5) is 5.82 Å². The molecule has 0 unspecified atom stereocenters. The highest BCUT2D eigenvalue weighted by Gasteiger charge is 2.09. The molecule has 0 saturated heterocycles. The first-order valence-corrected chi connectivity index (χ1v) is 4.43. The zero-order chi connectivity index (χ0) is 10.0. The van der Waals surface area contributed by atoms with E-state index in [1.54, 1.807) is 0 Å². The van der Waals surface area contributed by atoms with E-state index in [0.29, 0.717) is 6.04 Å². The second kappa shape index (κ2) is 3.56. The molecule has 0 aromatic carbocycles. The maximum atomic E-state index is 5.95. The van der Waals surface area contributed by atoms with E-state index >= 15 is 0 Å². The monoisotopic (exact) mass is 179 g/mol. The van der Waals surface area contributed by atoms with Gasteiger partial charge in [-0.1, -0.05) is 0 Å². The van der Waals surface area contributed by atoms with E-state index in [1.807, 2.05) is 17.6 Å². The Kier molecular flexibility index (Phi) is 2.66. The molecule has 0 radical (unpaired) electrons. The molecule has 0 spiro atoms. The van der Waals surface area contributed by atoms with Crippen LogP contribution < -0.4 is 11.5 Å². The molecule has 0 aliphatic rings. The van der Waals surface area contributed by atoms with Crippen molar-refractivity contribution in [2.45, 2.75) is 26.8 Å². The summed E-state index contributed by atoms with van der Waals surface area (Å²) in [6.07, 6.45) is 5.40. The van der Waals surface area contributed by atoms with Gasteiger partial charge in [0.15, 0.2) is 0 Å². The SMILES string of the molecule is Cc1cn(C(C)C)c(N)c1/C=C\N. The molecule has 0 aliphatic carbocycles. The molecular weight excluding hydrogens is 162 g/mol. The van der Waals surface area contributed by atoms with Crippen LogP contribution in [-0.4, -0.2) is 4.57 Å². The minimum atomic E-state index is 0.388. The van der Waals surface area contributed by atoms with Crippen molar-refractivity contribution in [2.75, 3.05) is 5.73 Å².